The van der Waals surface area contributed by atoms with Crippen LogP contribution in [0.3, 0.4) is 0 Å². The van der Waals surface area contributed by atoms with Crippen molar-refractivity contribution in [3.05, 3.63) is 109 Å². The number of nitrogens with zero attached hydrogens (tertiary/aromatic N) is 2. The highest BCUT2D eigenvalue weighted by Crippen LogP contribution is 2.76. The summed E-state index contributed by atoms with van der Waals surface area (Å²) >= 11 is 0. The maximum Gasteiger partial charge on any atom is 0.0355 e. The second-order valence-corrected chi connectivity index (χ2v) is 21.8. The second-order valence-electron chi connectivity index (χ2n) is 21.8. The Bertz CT molecular complexity index is 1790. The Kier molecular flexibility index (Phi) is 10.6. The van der Waals surface area contributed by atoms with E-state index in [0.29, 0.717) is 59.0 Å². The van der Waals surface area contributed by atoms with E-state index in [2.05, 4.69) is 114 Å². The zero-order valence-corrected chi connectivity index (χ0v) is 36.2. The van der Waals surface area contributed by atoms with E-state index in [1.54, 1.807) is 11.4 Å². The molecule has 13 unspecified atom stereocenters. The van der Waals surface area contributed by atoms with Crippen LogP contribution in [0, 0.1) is 64.6 Å². The smallest absolute Gasteiger partial charge is 0.0355 e. The Morgan fingerprint density at radius 3 is 2.17 bits per heavy atom. The van der Waals surface area contributed by atoms with Crippen LogP contribution in [0.15, 0.2) is 109 Å². The monoisotopic (exact) mass is 777 g/mol. The van der Waals surface area contributed by atoms with Crippen LogP contribution in [0.4, 0.5) is 0 Å². The molecule has 0 bridgehead atoms. The standard InChI is InChI=1S/C56H76N2/c1-55(58(43-27-12-5-13-28-43)52-35-19-16-29-44(52)40-21-6-2-7-22-40)38-37-46-45-30-14-17-32-48(45)56(51(46)39-55)49-33-18-15-31-47(49)54-50(56)34-20-36-53(54)57(41-23-8-3-9-24-41)42-25-10-4-11-26-42/h5,12,14-17,19-20,23,29-32,34-36,40,42-52,54H,2-4,6-11,13,18,21-22,24-28,33,37-39H2,1H3. The number of hydrogen-bond donors (Lipinski definition) is 0. The third-order valence-electron chi connectivity index (χ3n) is 19.2. The Morgan fingerprint density at radius 2 is 1.36 bits per heavy atom. The van der Waals surface area contributed by atoms with E-state index in [1.165, 1.54) is 141 Å². The molecule has 58 heavy (non-hydrogen) atoms. The van der Waals surface area contributed by atoms with Gasteiger partial charge < -0.3 is 4.90 Å². The summed E-state index contributed by atoms with van der Waals surface area (Å²) in [5, 5.41) is 0. The summed E-state index contributed by atoms with van der Waals surface area (Å²) in [4.78, 5) is 6.32. The largest absolute Gasteiger partial charge is 0.346 e. The molecule has 1 spiro atoms. The molecule has 0 aromatic rings. The zero-order valence-electron chi connectivity index (χ0n) is 36.2. The molecule has 11 aliphatic carbocycles. The third kappa shape index (κ3) is 6.24. The third-order valence-corrected chi connectivity index (χ3v) is 19.2. The van der Waals surface area contributed by atoms with Crippen LogP contribution in [0.1, 0.15) is 148 Å². The molecule has 11 aliphatic rings. The van der Waals surface area contributed by atoms with Crippen molar-refractivity contribution in [2.75, 3.05) is 0 Å². The van der Waals surface area contributed by atoms with Gasteiger partial charge in [0.25, 0.3) is 0 Å². The van der Waals surface area contributed by atoms with Crippen molar-refractivity contribution in [3.63, 3.8) is 0 Å². The van der Waals surface area contributed by atoms with Crippen LogP contribution in [0.5, 0.6) is 0 Å². The Labute approximate surface area is 353 Å². The Hall–Kier alpha value is -2.58. The lowest BCUT2D eigenvalue weighted by Crippen LogP contribution is -2.62. The van der Waals surface area contributed by atoms with Crippen LogP contribution >= 0.6 is 0 Å². The lowest BCUT2D eigenvalue weighted by Gasteiger charge is -2.59. The molecule has 0 saturated heterocycles. The molecule has 5 saturated carbocycles. The molecule has 0 aromatic heterocycles. The quantitative estimate of drug-likeness (QED) is 0.238. The van der Waals surface area contributed by atoms with Gasteiger partial charge in [-0.1, -0.05) is 130 Å². The molecular formula is C56H76N2. The predicted octanol–water partition coefficient (Wildman–Crippen LogP) is 14.0. The summed E-state index contributed by atoms with van der Waals surface area (Å²) in [7, 11) is 0. The Morgan fingerprint density at radius 1 is 0.586 bits per heavy atom. The van der Waals surface area contributed by atoms with Crippen molar-refractivity contribution in [3.8, 4) is 0 Å². The second kappa shape index (κ2) is 16.0. The molecule has 11 rings (SSSR count). The van der Waals surface area contributed by atoms with Gasteiger partial charge >= 0.3 is 0 Å². The van der Waals surface area contributed by atoms with Gasteiger partial charge in [0, 0.05) is 41.0 Å². The molecule has 0 amide bonds. The first kappa shape index (κ1) is 38.3. The predicted molar refractivity (Wildman–Crippen MR) is 242 cm³/mol. The number of hydrogen-bond acceptors (Lipinski definition) is 2. The molecule has 0 aromatic carbocycles. The average molecular weight is 777 g/mol. The molecule has 2 heteroatoms. The molecule has 0 N–H and O–H groups in total. The minimum Gasteiger partial charge on any atom is -0.346 e. The minimum absolute atomic E-state index is 0.203. The van der Waals surface area contributed by atoms with Crippen LogP contribution < -0.4 is 0 Å². The minimum atomic E-state index is 0.203. The van der Waals surface area contributed by atoms with Crippen molar-refractivity contribution in [2.45, 2.75) is 172 Å². The molecular weight excluding hydrogens is 701 g/mol. The normalized spacial score (nSPS) is 44.6. The summed E-state index contributed by atoms with van der Waals surface area (Å²) in [5.74, 6) is 7.02. The summed E-state index contributed by atoms with van der Waals surface area (Å²) in [5.41, 5.74) is 3.94. The molecule has 0 aliphatic heterocycles. The van der Waals surface area contributed by atoms with Gasteiger partial charge in [-0.25, -0.2) is 0 Å². The molecule has 5 fully saturated rings. The van der Waals surface area contributed by atoms with Gasteiger partial charge in [-0.05, 0) is 174 Å². The summed E-state index contributed by atoms with van der Waals surface area (Å²) in [6.07, 6.45) is 72.2. The fourth-order valence-corrected chi connectivity index (χ4v) is 17.2. The maximum atomic E-state index is 3.26. The maximum absolute atomic E-state index is 3.26. The van der Waals surface area contributed by atoms with Gasteiger partial charge in [-0.3, -0.25) is 4.90 Å². The van der Waals surface area contributed by atoms with E-state index >= 15 is 0 Å². The highest BCUT2D eigenvalue weighted by atomic mass is 15.3. The van der Waals surface area contributed by atoms with Crippen LogP contribution in [0.25, 0.3) is 0 Å². The van der Waals surface area contributed by atoms with Gasteiger partial charge in [0.05, 0.1) is 0 Å². The van der Waals surface area contributed by atoms with Gasteiger partial charge in [0.2, 0.25) is 0 Å². The molecule has 0 radical (unpaired) electrons. The summed E-state index contributed by atoms with van der Waals surface area (Å²) in [6.45, 7) is 2.82. The van der Waals surface area contributed by atoms with Gasteiger partial charge in [0.1, 0.15) is 0 Å². The zero-order chi connectivity index (χ0) is 38.7. The topological polar surface area (TPSA) is 6.48 Å². The van der Waals surface area contributed by atoms with E-state index in [1.807, 2.05) is 0 Å². The van der Waals surface area contributed by atoms with Gasteiger partial charge in [-0.2, -0.15) is 0 Å². The lowest BCUT2D eigenvalue weighted by molar-refractivity contribution is -0.0757. The highest BCUT2D eigenvalue weighted by Gasteiger charge is 2.72. The van der Waals surface area contributed by atoms with Crippen molar-refractivity contribution >= 4 is 0 Å². The molecule has 2 nitrogen and oxygen atoms in total. The Balaban J connectivity index is 1.01. The van der Waals surface area contributed by atoms with E-state index in [4.69, 9.17) is 0 Å². The summed E-state index contributed by atoms with van der Waals surface area (Å²) in [6, 6.07) is 1.87. The van der Waals surface area contributed by atoms with Crippen molar-refractivity contribution in [1.82, 2.24) is 9.80 Å². The first-order valence-corrected chi connectivity index (χ1v) is 25.3. The first-order valence-electron chi connectivity index (χ1n) is 25.3. The van der Waals surface area contributed by atoms with Gasteiger partial charge in [0.15, 0.2) is 0 Å². The van der Waals surface area contributed by atoms with Crippen molar-refractivity contribution in [2.24, 2.45) is 64.6 Å². The SMILES string of the molecule is CC1(N(C2CC=CCC2)C2C=CC=CC2C2CCCCC2)CCC2C3C=CC=CC3C3(C4C=CC=C(N(C5=CCCCC5)C5CCCCC5)C4C4C=CCCC43)C2C1. The van der Waals surface area contributed by atoms with E-state index in [9.17, 15) is 0 Å². The van der Waals surface area contributed by atoms with Crippen molar-refractivity contribution in [1.29, 1.82) is 0 Å². The van der Waals surface area contributed by atoms with Gasteiger partial charge in [-0.15, -0.1) is 0 Å². The summed E-state index contributed by atoms with van der Waals surface area (Å²) < 4.78 is 0. The van der Waals surface area contributed by atoms with E-state index in [0.717, 1.165) is 23.7 Å². The number of fused-ring (bicyclic) bond motifs is 10. The average Bonchev–Trinajstić information content (AvgIpc) is 3.75. The van der Waals surface area contributed by atoms with Crippen LogP contribution in [-0.4, -0.2) is 33.5 Å². The highest BCUT2D eigenvalue weighted by molar-refractivity contribution is 5.40. The van der Waals surface area contributed by atoms with Crippen LogP contribution in [0.2, 0.25) is 0 Å². The van der Waals surface area contributed by atoms with E-state index < -0.39 is 0 Å². The van der Waals surface area contributed by atoms with Crippen LogP contribution in [-0.2, 0) is 0 Å². The first-order chi connectivity index (χ1) is 28.7. The number of allylic oxidation sites excluding steroid dienone is 15. The van der Waals surface area contributed by atoms with Crippen molar-refractivity contribution < 1.29 is 0 Å². The molecule has 0 heterocycles. The fraction of sp³-hybridized carbons (Fsp3) is 0.679. The fourth-order valence-electron chi connectivity index (χ4n) is 17.2. The van der Waals surface area contributed by atoms with E-state index in [-0.39, 0.29) is 5.54 Å². The molecule has 13 atom stereocenters. The lowest BCUT2D eigenvalue weighted by atomic mass is 9.53. The molecule has 310 valence electrons. The number of rotatable bonds is 7.